The first-order chi connectivity index (χ1) is 13.7. The second-order valence-corrected chi connectivity index (χ2v) is 8.82. The van der Waals surface area contributed by atoms with Crippen molar-refractivity contribution in [1.82, 2.24) is 0 Å². The number of thioether (sulfide) groups is 1. The molecule has 4 nitrogen and oxygen atoms in total. The third kappa shape index (κ3) is 7.16. The summed E-state index contributed by atoms with van der Waals surface area (Å²) >= 11 is 1.64. The number of imide groups is 1. The van der Waals surface area contributed by atoms with Gasteiger partial charge >= 0.3 is 0 Å². The third-order valence-electron chi connectivity index (χ3n) is 5.25. The number of anilines is 1. The number of amides is 2. The summed E-state index contributed by atoms with van der Waals surface area (Å²) in [5.74, 6) is 1.49. The quantitative estimate of drug-likeness (QED) is 0.282. The largest absolute Gasteiger partial charge is 0.497 e. The molecule has 0 saturated carbocycles. The zero-order valence-corrected chi connectivity index (χ0v) is 18.3. The molecule has 0 aliphatic carbocycles. The molecule has 0 radical (unpaired) electrons. The highest BCUT2D eigenvalue weighted by Crippen LogP contribution is 2.31. The molecule has 5 heteroatoms. The summed E-state index contributed by atoms with van der Waals surface area (Å²) in [6.07, 6.45) is 13.4. The van der Waals surface area contributed by atoms with Crippen LogP contribution >= 0.6 is 11.8 Å². The minimum absolute atomic E-state index is 0.0766. The van der Waals surface area contributed by atoms with E-state index in [1.165, 1.54) is 62.7 Å². The molecule has 1 atom stereocenters. The number of hydrogen-bond donors (Lipinski definition) is 0. The van der Waals surface area contributed by atoms with Crippen LogP contribution in [0.4, 0.5) is 5.69 Å². The Morgan fingerprint density at radius 3 is 2.07 bits per heavy atom. The monoisotopic (exact) mass is 405 g/mol. The molecule has 1 aliphatic heterocycles. The second-order valence-electron chi connectivity index (χ2n) is 7.51. The number of carbonyl (C=O) groups excluding carboxylic acids is 2. The lowest BCUT2D eigenvalue weighted by molar-refractivity contribution is -0.121. The number of nitrogens with zero attached hydrogens (tertiary/aromatic N) is 1. The first kappa shape index (κ1) is 22.8. The van der Waals surface area contributed by atoms with E-state index in [-0.39, 0.29) is 17.1 Å². The molecule has 1 heterocycles. The zero-order valence-electron chi connectivity index (χ0n) is 17.5. The van der Waals surface area contributed by atoms with Crippen molar-refractivity contribution in [3.63, 3.8) is 0 Å². The van der Waals surface area contributed by atoms with Crippen LogP contribution in [0, 0.1) is 0 Å². The second kappa shape index (κ2) is 12.9. The van der Waals surface area contributed by atoms with Crippen molar-refractivity contribution in [1.29, 1.82) is 0 Å². The minimum atomic E-state index is -0.229. The molecule has 1 aromatic rings. The van der Waals surface area contributed by atoms with Crippen molar-refractivity contribution in [3.8, 4) is 5.75 Å². The number of rotatable bonds is 14. The predicted octanol–water partition coefficient (Wildman–Crippen LogP) is 5.98. The number of benzene rings is 1. The van der Waals surface area contributed by atoms with Gasteiger partial charge in [0, 0.05) is 6.42 Å². The van der Waals surface area contributed by atoms with Crippen molar-refractivity contribution in [2.45, 2.75) is 82.8 Å². The Hall–Kier alpha value is -1.49. The van der Waals surface area contributed by atoms with Gasteiger partial charge in [-0.15, -0.1) is 11.8 Å². The Bertz CT molecular complexity index is 602. The van der Waals surface area contributed by atoms with Crippen LogP contribution in [0.15, 0.2) is 24.3 Å². The average Bonchev–Trinajstić information content (AvgIpc) is 2.99. The summed E-state index contributed by atoms with van der Waals surface area (Å²) in [5.41, 5.74) is 0.637. The maximum Gasteiger partial charge on any atom is 0.247 e. The zero-order chi connectivity index (χ0) is 20.2. The Morgan fingerprint density at radius 1 is 0.929 bits per heavy atom. The first-order valence-electron chi connectivity index (χ1n) is 10.8. The van der Waals surface area contributed by atoms with Crippen molar-refractivity contribution in [2.24, 2.45) is 0 Å². The van der Waals surface area contributed by atoms with E-state index < -0.39 is 0 Å². The topological polar surface area (TPSA) is 46.6 Å². The molecule has 1 saturated heterocycles. The number of methoxy groups -OCH3 is 1. The van der Waals surface area contributed by atoms with Gasteiger partial charge in [-0.2, -0.15) is 0 Å². The molecule has 1 aromatic carbocycles. The Balaban J connectivity index is 1.60. The highest BCUT2D eigenvalue weighted by atomic mass is 32.2. The first-order valence-corrected chi connectivity index (χ1v) is 11.8. The van der Waals surface area contributed by atoms with Crippen molar-refractivity contribution >= 4 is 29.3 Å². The highest BCUT2D eigenvalue weighted by molar-refractivity contribution is 8.00. The van der Waals surface area contributed by atoms with Crippen LogP contribution in [0.5, 0.6) is 5.75 Å². The normalized spacial score (nSPS) is 16.8. The van der Waals surface area contributed by atoms with E-state index in [2.05, 4.69) is 6.92 Å². The van der Waals surface area contributed by atoms with Crippen LogP contribution in [-0.2, 0) is 9.59 Å². The molecule has 1 aliphatic rings. The summed E-state index contributed by atoms with van der Waals surface area (Å²) in [5, 5.41) is -0.229. The van der Waals surface area contributed by atoms with Crippen LogP contribution in [0.25, 0.3) is 0 Å². The number of ether oxygens (including phenoxy) is 1. The number of carbonyl (C=O) groups is 2. The number of hydrogen-bond acceptors (Lipinski definition) is 4. The van der Waals surface area contributed by atoms with E-state index in [4.69, 9.17) is 4.74 Å². The fourth-order valence-corrected chi connectivity index (χ4v) is 4.72. The molecule has 0 spiro atoms. The summed E-state index contributed by atoms with van der Waals surface area (Å²) < 4.78 is 5.14. The molecule has 1 fully saturated rings. The Morgan fingerprint density at radius 2 is 1.50 bits per heavy atom. The molecule has 1 unspecified atom stereocenters. The maximum atomic E-state index is 12.6. The van der Waals surface area contributed by atoms with Crippen molar-refractivity contribution in [2.75, 3.05) is 17.8 Å². The van der Waals surface area contributed by atoms with E-state index in [1.54, 1.807) is 43.1 Å². The molecule has 0 bridgehead atoms. The molecular formula is C23H35NO3S. The van der Waals surface area contributed by atoms with E-state index in [0.717, 1.165) is 17.9 Å². The Labute approximate surface area is 174 Å². The average molecular weight is 406 g/mol. The van der Waals surface area contributed by atoms with E-state index in [1.807, 2.05) is 0 Å². The van der Waals surface area contributed by atoms with Crippen molar-refractivity contribution < 1.29 is 14.3 Å². The fourth-order valence-electron chi connectivity index (χ4n) is 3.55. The third-order valence-corrected chi connectivity index (χ3v) is 6.55. The van der Waals surface area contributed by atoms with E-state index in [0.29, 0.717) is 12.1 Å². The van der Waals surface area contributed by atoms with E-state index >= 15 is 0 Å². The van der Waals surface area contributed by atoms with Gasteiger partial charge in [0.2, 0.25) is 11.8 Å². The fraction of sp³-hybridized carbons (Fsp3) is 0.652. The maximum absolute atomic E-state index is 12.6. The standard InChI is InChI=1S/C23H35NO3S/c1-3-4-5-6-7-8-9-10-11-12-17-28-21-18-22(25)24(23(21)26)19-13-15-20(27-2)16-14-19/h13-16,21H,3-12,17-18H2,1-2H3. The minimum Gasteiger partial charge on any atom is -0.497 e. The highest BCUT2D eigenvalue weighted by Gasteiger charge is 2.39. The van der Waals surface area contributed by atoms with Gasteiger partial charge in [0.1, 0.15) is 5.75 Å². The predicted molar refractivity (Wildman–Crippen MR) is 118 cm³/mol. The van der Waals surface area contributed by atoms with Crippen LogP contribution in [0.3, 0.4) is 0 Å². The van der Waals surface area contributed by atoms with Gasteiger partial charge in [0.15, 0.2) is 0 Å². The van der Waals surface area contributed by atoms with Crippen molar-refractivity contribution in [3.05, 3.63) is 24.3 Å². The van der Waals surface area contributed by atoms with E-state index in [9.17, 15) is 9.59 Å². The summed E-state index contributed by atoms with van der Waals surface area (Å²) in [4.78, 5) is 26.3. The summed E-state index contributed by atoms with van der Waals surface area (Å²) in [6, 6.07) is 7.09. The molecule has 2 amide bonds. The molecule has 2 rings (SSSR count). The molecular weight excluding hydrogens is 370 g/mol. The lowest BCUT2D eigenvalue weighted by Crippen LogP contribution is -2.31. The smallest absolute Gasteiger partial charge is 0.247 e. The SMILES string of the molecule is CCCCCCCCCCCCSC1CC(=O)N(c2ccc(OC)cc2)C1=O. The lowest BCUT2D eigenvalue weighted by atomic mass is 10.1. The number of unbranched alkanes of at least 4 members (excludes halogenated alkanes) is 9. The van der Waals surface area contributed by atoms with Gasteiger partial charge in [-0.3, -0.25) is 9.59 Å². The van der Waals surface area contributed by atoms with Gasteiger partial charge < -0.3 is 4.74 Å². The molecule has 0 N–H and O–H groups in total. The lowest BCUT2D eigenvalue weighted by Gasteiger charge is -2.15. The Kier molecular flexibility index (Phi) is 10.5. The van der Waals surface area contributed by atoms with Gasteiger partial charge in [-0.1, -0.05) is 64.7 Å². The van der Waals surface area contributed by atoms with Crippen LogP contribution in [0.1, 0.15) is 77.6 Å². The molecule has 156 valence electrons. The summed E-state index contributed by atoms with van der Waals surface area (Å²) in [6.45, 7) is 2.25. The summed E-state index contributed by atoms with van der Waals surface area (Å²) in [7, 11) is 1.60. The van der Waals surface area contributed by atoms with Crippen LogP contribution < -0.4 is 9.64 Å². The van der Waals surface area contributed by atoms with Gasteiger partial charge in [-0.25, -0.2) is 4.90 Å². The van der Waals surface area contributed by atoms with Gasteiger partial charge in [0.05, 0.1) is 18.0 Å². The molecule has 0 aromatic heterocycles. The van der Waals surface area contributed by atoms with Crippen LogP contribution in [-0.4, -0.2) is 29.9 Å². The van der Waals surface area contributed by atoms with Gasteiger partial charge in [0.25, 0.3) is 0 Å². The van der Waals surface area contributed by atoms with Gasteiger partial charge in [-0.05, 0) is 36.4 Å². The van der Waals surface area contributed by atoms with Crippen LogP contribution in [0.2, 0.25) is 0 Å². The molecule has 28 heavy (non-hydrogen) atoms.